The number of hydrogen-bond acceptors (Lipinski definition) is 2. The van der Waals surface area contributed by atoms with E-state index in [0.717, 1.165) is 6.07 Å². The lowest BCUT2D eigenvalue weighted by Crippen LogP contribution is -1.99. The molecule has 0 aliphatic carbocycles. The zero-order valence-corrected chi connectivity index (χ0v) is 7.69. The van der Waals surface area contributed by atoms with Gasteiger partial charge in [0.05, 0.1) is 5.56 Å². The molecule has 0 saturated carbocycles. The molecular formula is C7H3BrF3NO. The average molecular weight is 254 g/mol. The maximum atomic E-state index is 12.7. The molecule has 1 rings (SSSR count). The van der Waals surface area contributed by atoms with Gasteiger partial charge in [-0.15, -0.1) is 0 Å². The highest BCUT2D eigenvalue weighted by Crippen LogP contribution is 2.25. The van der Waals surface area contributed by atoms with E-state index in [1.54, 1.807) is 0 Å². The van der Waals surface area contributed by atoms with Gasteiger partial charge in [0.1, 0.15) is 5.69 Å². The topological polar surface area (TPSA) is 30.0 Å². The van der Waals surface area contributed by atoms with Gasteiger partial charge in [0.15, 0.2) is 6.29 Å². The lowest BCUT2D eigenvalue weighted by molar-refractivity contribution is 0.111. The van der Waals surface area contributed by atoms with Crippen LogP contribution in [0.4, 0.5) is 13.2 Å². The third kappa shape index (κ3) is 2.06. The van der Waals surface area contributed by atoms with Crippen LogP contribution in [-0.4, -0.2) is 11.3 Å². The number of pyridine rings is 1. The molecule has 0 radical (unpaired) electrons. The van der Waals surface area contributed by atoms with Crippen LogP contribution in [0, 0.1) is 5.95 Å². The van der Waals surface area contributed by atoms with Crippen molar-refractivity contribution < 1.29 is 18.0 Å². The molecule has 0 aromatic carbocycles. The van der Waals surface area contributed by atoms with Gasteiger partial charge in [-0.25, -0.2) is 13.8 Å². The summed E-state index contributed by atoms with van der Waals surface area (Å²) in [5, 5.41) is 0. The maximum absolute atomic E-state index is 12.7. The fraction of sp³-hybridized carbons (Fsp3) is 0.143. The molecule has 70 valence electrons. The van der Waals surface area contributed by atoms with E-state index in [2.05, 4.69) is 20.9 Å². The summed E-state index contributed by atoms with van der Waals surface area (Å²) in [7, 11) is 0. The van der Waals surface area contributed by atoms with Gasteiger partial charge in [0, 0.05) is 4.47 Å². The van der Waals surface area contributed by atoms with Gasteiger partial charge in [0.2, 0.25) is 5.95 Å². The minimum absolute atomic E-state index is 0.0548. The Kier molecular flexibility index (Phi) is 3.02. The smallest absolute Gasteiger partial charge is 0.268 e. The molecule has 2 nitrogen and oxygen atoms in total. The SMILES string of the molecule is O=Cc1nc(F)c(C(F)F)cc1Br. The Bertz CT molecular complexity index is 343. The number of aromatic nitrogens is 1. The van der Waals surface area contributed by atoms with Crippen molar-refractivity contribution in [2.45, 2.75) is 6.43 Å². The van der Waals surface area contributed by atoms with E-state index in [1.807, 2.05) is 0 Å². The molecule has 0 N–H and O–H groups in total. The molecule has 0 bridgehead atoms. The van der Waals surface area contributed by atoms with Gasteiger partial charge in [-0.1, -0.05) is 0 Å². The molecule has 0 spiro atoms. The van der Waals surface area contributed by atoms with Gasteiger partial charge in [0.25, 0.3) is 6.43 Å². The molecule has 0 fully saturated rings. The molecule has 0 aliphatic rings. The largest absolute Gasteiger partial charge is 0.296 e. The highest BCUT2D eigenvalue weighted by Gasteiger charge is 2.17. The molecule has 0 saturated heterocycles. The van der Waals surface area contributed by atoms with Crippen LogP contribution in [0.15, 0.2) is 10.5 Å². The van der Waals surface area contributed by atoms with Crippen LogP contribution in [-0.2, 0) is 0 Å². The maximum Gasteiger partial charge on any atom is 0.268 e. The Balaban J connectivity index is 3.28. The Hall–Kier alpha value is -0.910. The molecule has 1 aromatic heterocycles. The molecule has 1 heterocycles. The highest BCUT2D eigenvalue weighted by atomic mass is 79.9. The second-order valence-electron chi connectivity index (χ2n) is 2.15. The number of hydrogen-bond donors (Lipinski definition) is 0. The van der Waals surface area contributed by atoms with Crippen LogP contribution >= 0.6 is 15.9 Å². The first-order valence-corrected chi connectivity index (χ1v) is 3.95. The van der Waals surface area contributed by atoms with Crippen molar-refractivity contribution in [2.24, 2.45) is 0 Å². The zero-order chi connectivity index (χ0) is 10.0. The standard InChI is InChI=1S/C7H3BrF3NO/c8-4-1-3(6(9)10)7(11)12-5(4)2-13/h1-2,6H. The van der Waals surface area contributed by atoms with E-state index in [4.69, 9.17) is 0 Å². The van der Waals surface area contributed by atoms with E-state index in [1.165, 1.54) is 0 Å². The number of halogens is 4. The van der Waals surface area contributed by atoms with Crippen LogP contribution in [0.25, 0.3) is 0 Å². The summed E-state index contributed by atoms with van der Waals surface area (Å²) >= 11 is 2.82. The molecule has 1 aromatic rings. The predicted molar refractivity (Wildman–Crippen MR) is 42.2 cm³/mol. The summed E-state index contributed by atoms with van der Waals surface area (Å²) in [5.74, 6) is -1.32. The number of carbonyl (C=O) groups is 1. The van der Waals surface area contributed by atoms with Crippen LogP contribution < -0.4 is 0 Å². The van der Waals surface area contributed by atoms with Crippen LogP contribution in [0.3, 0.4) is 0 Å². The van der Waals surface area contributed by atoms with Gasteiger partial charge in [-0.2, -0.15) is 4.39 Å². The zero-order valence-electron chi connectivity index (χ0n) is 6.10. The van der Waals surface area contributed by atoms with Crippen molar-refractivity contribution in [3.63, 3.8) is 0 Å². The first-order chi connectivity index (χ1) is 6.06. The predicted octanol–water partition coefficient (Wildman–Crippen LogP) is 2.73. The number of aldehydes is 1. The Morgan fingerprint density at radius 1 is 1.54 bits per heavy atom. The summed E-state index contributed by atoms with van der Waals surface area (Å²) in [6, 6.07) is 0.844. The Morgan fingerprint density at radius 3 is 2.62 bits per heavy atom. The van der Waals surface area contributed by atoms with E-state index >= 15 is 0 Å². The third-order valence-corrected chi connectivity index (χ3v) is 1.97. The number of nitrogens with zero attached hydrogens (tertiary/aromatic N) is 1. The number of rotatable bonds is 2. The van der Waals surface area contributed by atoms with Crippen molar-refractivity contribution in [3.05, 3.63) is 27.7 Å². The van der Waals surface area contributed by atoms with Gasteiger partial charge in [-0.3, -0.25) is 4.79 Å². The summed E-state index contributed by atoms with van der Waals surface area (Å²) in [6.45, 7) is 0. The van der Waals surface area contributed by atoms with E-state index in [9.17, 15) is 18.0 Å². The van der Waals surface area contributed by atoms with Crippen molar-refractivity contribution in [3.8, 4) is 0 Å². The van der Waals surface area contributed by atoms with E-state index < -0.39 is 17.9 Å². The summed E-state index contributed by atoms with van der Waals surface area (Å²) in [4.78, 5) is 13.3. The average Bonchev–Trinajstić information content (AvgIpc) is 2.07. The molecule has 0 unspecified atom stereocenters. The van der Waals surface area contributed by atoms with Crippen molar-refractivity contribution in [1.82, 2.24) is 4.98 Å². The number of carbonyl (C=O) groups excluding carboxylic acids is 1. The lowest BCUT2D eigenvalue weighted by Gasteiger charge is -2.02. The van der Waals surface area contributed by atoms with Crippen LogP contribution in [0.5, 0.6) is 0 Å². The van der Waals surface area contributed by atoms with Gasteiger partial charge in [-0.05, 0) is 22.0 Å². The van der Waals surface area contributed by atoms with Crippen LogP contribution in [0.2, 0.25) is 0 Å². The molecule has 0 amide bonds. The molecule has 13 heavy (non-hydrogen) atoms. The van der Waals surface area contributed by atoms with E-state index in [0.29, 0.717) is 0 Å². The fourth-order valence-corrected chi connectivity index (χ4v) is 1.16. The van der Waals surface area contributed by atoms with Crippen molar-refractivity contribution in [2.75, 3.05) is 0 Å². The highest BCUT2D eigenvalue weighted by molar-refractivity contribution is 9.10. The molecule has 0 atom stereocenters. The summed E-state index contributed by atoms with van der Waals surface area (Å²) < 4.78 is 36.9. The van der Waals surface area contributed by atoms with Crippen molar-refractivity contribution in [1.29, 1.82) is 0 Å². The molecular weight excluding hydrogens is 251 g/mol. The molecule has 6 heteroatoms. The Morgan fingerprint density at radius 2 is 2.15 bits per heavy atom. The van der Waals surface area contributed by atoms with E-state index in [-0.39, 0.29) is 16.5 Å². The third-order valence-electron chi connectivity index (χ3n) is 1.33. The normalized spacial score (nSPS) is 10.5. The lowest BCUT2D eigenvalue weighted by atomic mass is 10.2. The fourth-order valence-electron chi connectivity index (χ4n) is 0.729. The minimum Gasteiger partial charge on any atom is -0.296 e. The Labute approximate surface area is 79.9 Å². The number of alkyl halides is 2. The first kappa shape index (κ1) is 10.2. The summed E-state index contributed by atoms with van der Waals surface area (Å²) in [6.07, 6.45) is -2.66. The van der Waals surface area contributed by atoms with Crippen molar-refractivity contribution >= 4 is 22.2 Å². The molecule has 0 aliphatic heterocycles. The second-order valence-corrected chi connectivity index (χ2v) is 3.01. The van der Waals surface area contributed by atoms with Crippen LogP contribution in [0.1, 0.15) is 22.5 Å². The quantitative estimate of drug-likeness (QED) is 0.600. The van der Waals surface area contributed by atoms with Gasteiger partial charge >= 0.3 is 0 Å². The minimum atomic E-state index is -2.94. The van der Waals surface area contributed by atoms with Gasteiger partial charge < -0.3 is 0 Å². The summed E-state index contributed by atoms with van der Waals surface area (Å²) in [5.41, 5.74) is -1.06. The monoisotopic (exact) mass is 253 g/mol. The second kappa shape index (κ2) is 3.87. The first-order valence-electron chi connectivity index (χ1n) is 3.15.